The van der Waals surface area contributed by atoms with Crippen LogP contribution in [0.2, 0.25) is 5.02 Å². The Hall–Kier alpha value is -1.32. The second-order valence-corrected chi connectivity index (χ2v) is 4.67. The lowest BCUT2D eigenvalue weighted by atomic mass is 10.2. The van der Waals surface area contributed by atoms with Crippen LogP contribution in [0.4, 0.5) is 0 Å². The van der Waals surface area contributed by atoms with Crippen molar-refractivity contribution in [3.63, 3.8) is 0 Å². The standard InChI is InChI=1S/C13H16ClN3/c1-10(2)15-9-11-4-5-12(8-13(11)14)17-7-3-6-16-17/h3-8,10,15H,9H2,1-2H3. The lowest BCUT2D eigenvalue weighted by Gasteiger charge is -2.10. The van der Waals surface area contributed by atoms with Crippen LogP contribution in [0, 0.1) is 0 Å². The lowest BCUT2D eigenvalue weighted by molar-refractivity contribution is 0.589. The molecule has 1 N–H and O–H groups in total. The highest BCUT2D eigenvalue weighted by Gasteiger charge is 2.04. The number of hydrogen-bond acceptors (Lipinski definition) is 2. The first-order valence-corrected chi connectivity index (χ1v) is 6.06. The molecule has 0 unspecified atom stereocenters. The van der Waals surface area contributed by atoms with Crippen molar-refractivity contribution in [1.29, 1.82) is 0 Å². The Bertz CT molecular complexity index is 477. The van der Waals surface area contributed by atoms with E-state index in [1.165, 1.54) is 0 Å². The third kappa shape index (κ3) is 3.08. The molecule has 0 saturated heterocycles. The zero-order valence-corrected chi connectivity index (χ0v) is 10.8. The largest absolute Gasteiger partial charge is 0.310 e. The maximum absolute atomic E-state index is 6.25. The summed E-state index contributed by atoms with van der Waals surface area (Å²) in [6.45, 7) is 5.02. The molecule has 0 aliphatic carbocycles. The molecule has 0 atom stereocenters. The summed E-state index contributed by atoms with van der Waals surface area (Å²) in [7, 11) is 0. The Kier molecular flexibility index (Phi) is 3.82. The Morgan fingerprint density at radius 2 is 2.24 bits per heavy atom. The van der Waals surface area contributed by atoms with Gasteiger partial charge in [-0.05, 0) is 23.8 Å². The van der Waals surface area contributed by atoms with Crippen molar-refractivity contribution >= 4 is 11.6 Å². The molecule has 1 heterocycles. The molecule has 3 nitrogen and oxygen atoms in total. The predicted octanol–water partition coefficient (Wildman–Crippen LogP) is 3.02. The van der Waals surface area contributed by atoms with E-state index >= 15 is 0 Å². The van der Waals surface area contributed by atoms with Crippen LogP contribution in [0.3, 0.4) is 0 Å². The fraction of sp³-hybridized carbons (Fsp3) is 0.308. The number of aromatic nitrogens is 2. The molecule has 0 aliphatic heterocycles. The zero-order valence-electron chi connectivity index (χ0n) is 10.0. The molecular formula is C13H16ClN3. The van der Waals surface area contributed by atoms with Crippen LogP contribution in [0.1, 0.15) is 19.4 Å². The normalized spacial score (nSPS) is 11.1. The molecule has 0 amide bonds. The van der Waals surface area contributed by atoms with Gasteiger partial charge in [0.2, 0.25) is 0 Å². The number of nitrogens with one attached hydrogen (secondary N) is 1. The van der Waals surface area contributed by atoms with E-state index < -0.39 is 0 Å². The number of benzene rings is 1. The Morgan fingerprint density at radius 1 is 1.41 bits per heavy atom. The van der Waals surface area contributed by atoms with Crippen molar-refractivity contribution < 1.29 is 0 Å². The van der Waals surface area contributed by atoms with Crippen LogP contribution in [0.5, 0.6) is 0 Å². The summed E-state index contributed by atoms with van der Waals surface area (Å²) in [6.07, 6.45) is 3.65. The first-order chi connectivity index (χ1) is 8.16. The maximum Gasteiger partial charge on any atom is 0.0660 e. The molecule has 17 heavy (non-hydrogen) atoms. The highest BCUT2D eigenvalue weighted by Crippen LogP contribution is 2.19. The van der Waals surface area contributed by atoms with Crippen LogP contribution in [0.15, 0.2) is 36.7 Å². The smallest absolute Gasteiger partial charge is 0.0660 e. The molecule has 1 aromatic heterocycles. The minimum atomic E-state index is 0.455. The van der Waals surface area contributed by atoms with E-state index in [0.29, 0.717) is 6.04 Å². The number of nitrogens with zero attached hydrogens (tertiary/aromatic N) is 2. The minimum absolute atomic E-state index is 0.455. The lowest BCUT2D eigenvalue weighted by Crippen LogP contribution is -2.22. The quantitative estimate of drug-likeness (QED) is 0.903. The highest BCUT2D eigenvalue weighted by atomic mass is 35.5. The topological polar surface area (TPSA) is 29.9 Å². The third-order valence-electron chi connectivity index (χ3n) is 2.51. The molecule has 0 bridgehead atoms. The fourth-order valence-corrected chi connectivity index (χ4v) is 1.80. The zero-order chi connectivity index (χ0) is 12.3. The summed E-state index contributed by atoms with van der Waals surface area (Å²) >= 11 is 6.25. The van der Waals surface area contributed by atoms with Crippen molar-refractivity contribution in [3.8, 4) is 5.69 Å². The average molecular weight is 250 g/mol. The Balaban J connectivity index is 2.17. The van der Waals surface area contributed by atoms with Crippen LogP contribution < -0.4 is 5.32 Å². The molecule has 90 valence electrons. The number of hydrogen-bond donors (Lipinski definition) is 1. The minimum Gasteiger partial charge on any atom is -0.310 e. The van der Waals surface area contributed by atoms with Crippen LogP contribution in [0.25, 0.3) is 5.69 Å². The summed E-state index contributed by atoms with van der Waals surface area (Å²) in [5.41, 5.74) is 2.09. The second kappa shape index (κ2) is 5.34. The first-order valence-electron chi connectivity index (χ1n) is 5.68. The van der Waals surface area contributed by atoms with Gasteiger partial charge in [-0.1, -0.05) is 31.5 Å². The summed E-state index contributed by atoms with van der Waals surface area (Å²) < 4.78 is 1.80. The van der Waals surface area contributed by atoms with E-state index in [9.17, 15) is 0 Å². The van der Waals surface area contributed by atoms with Crippen molar-refractivity contribution in [2.45, 2.75) is 26.4 Å². The Morgan fingerprint density at radius 3 is 2.82 bits per heavy atom. The first kappa shape index (κ1) is 12.1. The van der Waals surface area contributed by atoms with E-state index in [1.54, 1.807) is 10.9 Å². The van der Waals surface area contributed by atoms with Crippen molar-refractivity contribution in [3.05, 3.63) is 47.2 Å². The predicted molar refractivity (Wildman–Crippen MR) is 70.5 cm³/mol. The van der Waals surface area contributed by atoms with Crippen LogP contribution in [-0.4, -0.2) is 15.8 Å². The summed E-state index contributed by atoms with van der Waals surface area (Å²) in [5.74, 6) is 0. The SMILES string of the molecule is CC(C)NCc1ccc(-n2cccn2)cc1Cl. The Labute approximate surface area is 106 Å². The van der Waals surface area contributed by atoms with Gasteiger partial charge in [-0.3, -0.25) is 0 Å². The summed E-state index contributed by atoms with van der Waals surface area (Å²) in [5, 5.41) is 8.29. The molecular weight excluding hydrogens is 234 g/mol. The molecule has 0 aliphatic rings. The molecule has 0 fully saturated rings. The van der Waals surface area contributed by atoms with Crippen molar-refractivity contribution in [2.75, 3.05) is 0 Å². The van der Waals surface area contributed by atoms with Gasteiger partial charge in [0, 0.05) is 30.0 Å². The van der Waals surface area contributed by atoms with Gasteiger partial charge in [0.15, 0.2) is 0 Å². The second-order valence-electron chi connectivity index (χ2n) is 4.26. The third-order valence-corrected chi connectivity index (χ3v) is 2.86. The summed E-state index contributed by atoms with van der Waals surface area (Å²) in [4.78, 5) is 0. The van der Waals surface area contributed by atoms with Gasteiger partial charge in [0.25, 0.3) is 0 Å². The molecule has 0 radical (unpaired) electrons. The molecule has 4 heteroatoms. The van der Waals surface area contributed by atoms with Crippen LogP contribution in [-0.2, 0) is 6.54 Å². The van der Waals surface area contributed by atoms with Crippen molar-refractivity contribution in [1.82, 2.24) is 15.1 Å². The molecule has 0 saturated carbocycles. The van der Waals surface area contributed by atoms with Gasteiger partial charge in [-0.2, -0.15) is 5.10 Å². The molecule has 0 spiro atoms. The number of halogens is 1. The molecule has 1 aromatic carbocycles. The van der Waals surface area contributed by atoms with E-state index in [4.69, 9.17) is 11.6 Å². The number of rotatable bonds is 4. The van der Waals surface area contributed by atoms with Gasteiger partial charge in [0.1, 0.15) is 0 Å². The van der Waals surface area contributed by atoms with E-state index in [-0.39, 0.29) is 0 Å². The average Bonchev–Trinajstić information content (AvgIpc) is 2.80. The van der Waals surface area contributed by atoms with E-state index in [1.807, 2.05) is 30.5 Å². The monoisotopic (exact) mass is 249 g/mol. The maximum atomic E-state index is 6.25. The van der Waals surface area contributed by atoms with Gasteiger partial charge in [0.05, 0.1) is 5.69 Å². The van der Waals surface area contributed by atoms with Crippen molar-refractivity contribution in [2.24, 2.45) is 0 Å². The van der Waals surface area contributed by atoms with Gasteiger partial charge in [-0.15, -0.1) is 0 Å². The highest BCUT2D eigenvalue weighted by molar-refractivity contribution is 6.31. The molecule has 2 aromatic rings. The van der Waals surface area contributed by atoms with Gasteiger partial charge in [-0.25, -0.2) is 4.68 Å². The summed E-state index contributed by atoms with van der Waals surface area (Å²) in [6, 6.07) is 8.34. The van der Waals surface area contributed by atoms with Gasteiger partial charge < -0.3 is 5.32 Å². The van der Waals surface area contributed by atoms with Crippen LogP contribution >= 0.6 is 11.6 Å². The van der Waals surface area contributed by atoms with E-state index in [0.717, 1.165) is 22.8 Å². The van der Waals surface area contributed by atoms with E-state index in [2.05, 4.69) is 24.3 Å². The molecule has 2 rings (SSSR count). The fourth-order valence-electron chi connectivity index (χ4n) is 1.56. The van der Waals surface area contributed by atoms with Gasteiger partial charge >= 0.3 is 0 Å².